The van der Waals surface area contributed by atoms with Crippen molar-refractivity contribution in [2.24, 2.45) is 0 Å². The van der Waals surface area contributed by atoms with Gasteiger partial charge in [-0.3, -0.25) is 4.79 Å². The highest BCUT2D eigenvalue weighted by Gasteiger charge is 2.22. The van der Waals surface area contributed by atoms with Gasteiger partial charge >= 0.3 is 0 Å². The van der Waals surface area contributed by atoms with Crippen LogP contribution in [0.25, 0.3) is 0 Å². The number of nitrogens with zero attached hydrogens (tertiary/aromatic N) is 4. The molecule has 0 unspecified atom stereocenters. The summed E-state index contributed by atoms with van der Waals surface area (Å²) < 4.78 is 21.3. The van der Waals surface area contributed by atoms with E-state index in [1.807, 2.05) is 12.1 Å². The van der Waals surface area contributed by atoms with Gasteiger partial charge in [-0.25, -0.2) is 9.97 Å². The first-order valence-electron chi connectivity index (χ1n) is 11.7. The number of ether oxygens (including phenoxy) is 4. The third-order valence-corrected chi connectivity index (χ3v) is 6.92. The maximum absolute atomic E-state index is 12.8. The highest BCUT2D eigenvalue weighted by molar-refractivity contribution is 8.00. The predicted molar refractivity (Wildman–Crippen MR) is 145 cm³/mol. The maximum atomic E-state index is 12.8. The first-order chi connectivity index (χ1) is 18.1. The van der Waals surface area contributed by atoms with Gasteiger partial charge in [-0.15, -0.1) is 0 Å². The molecule has 1 amide bonds. The van der Waals surface area contributed by atoms with Crippen LogP contribution in [0.4, 0.5) is 17.2 Å². The molecule has 0 aliphatic carbocycles. The SMILES string of the molecule is COc1ccc(N2CCN(c3nccnc3SCC(=O)Nc3cc(OC)c(OC)c(OC)c3)CC2)cc1. The summed E-state index contributed by atoms with van der Waals surface area (Å²) in [6.07, 6.45) is 3.34. The van der Waals surface area contributed by atoms with Crippen LogP contribution in [0.2, 0.25) is 0 Å². The molecule has 1 aromatic heterocycles. The van der Waals surface area contributed by atoms with Gasteiger partial charge in [0.25, 0.3) is 0 Å². The highest BCUT2D eigenvalue weighted by Crippen LogP contribution is 2.40. The van der Waals surface area contributed by atoms with Crippen LogP contribution < -0.4 is 34.1 Å². The van der Waals surface area contributed by atoms with Gasteiger partial charge < -0.3 is 34.1 Å². The monoisotopic (exact) mass is 525 g/mol. The Morgan fingerprint density at radius 2 is 1.49 bits per heavy atom. The van der Waals surface area contributed by atoms with E-state index in [0.29, 0.717) is 22.9 Å². The van der Waals surface area contributed by atoms with Crippen LogP contribution in [0.5, 0.6) is 23.0 Å². The van der Waals surface area contributed by atoms with Crippen LogP contribution in [-0.4, -0.2) is 76.2 Å². The zero-order valence-electron chi connectivity index (χ0n) is 21.4. The fourth-order valence-corrected chi connectivity index (χ4v) is 4.88. The van der Waals surface area contributed by atoms with Crippen LogP contribution in [-0.2, 0) is 4.79 Å². The fraction of sp³-hybridized carbons (Fsp3) is 0.346. The van der Waals surface area contributed by atoms with Gasteiger partial charge in [0.1, 0.15) is 10.8 Å². The number of hydrogen-bond acceptors (Lipinski definition) is 10. The number of hydrogen-bond donors (Lipinski definition) is 1. The zero-order chi connectivity index (χ0) is 26.2. The van der Waals surface area contributed by atoms with Crippen molar-refractivity contribution >= 4 is 34.9 Å². The summed E-state index contributed by atoms with van der Waals surface area (Å²) >= 11 is 1.35. The van der Waals surface area contributed by atoms with E-state index in [9.17, 15) is 4.79 Å². The Hall–Kier alpha value is -3.86. The number of benzene rings is 2. The minimum Gasteiger partial charge on any atom is -0.497 e. The molecule has 11 heteroatoms. The van der Waals surface area contributed by atoms with E-state index in [1.165, 1.54) is 33.1 Å². The third kappa shape index (κ3) is 6.29. The lowest BCUT2D eigenvalue weighted by atomic mass is 10.2. The molecular formula is C26H31N5O5S. The summed E-state index contributed by atoms with van der Waals surface area (Å²) in [5.74, 6) is 3.03. The molecule has 0 spiro atoms. The Morgan fingerprint density at radius 1 is 0.865 bits per heavy atom. The van der Waals surface area contributed by atoms with Crippen molar-refractivity contribution < 1.29 is 23.7 Å². The molecule has 37 heavy (non-hydrogen) atoms. The average molecular weight is 526 g/mol. The van der Waals surface area contributed by atoms with Crippen molar-refractivity contribution in [3.05, 3.63) is 48.8 Å². The molecule has 1 saturated heterocycles. The molecule has 0 bridgehead atoms. The zero-order valence-corrected chi connectivity index (χ0v) is 22.2. The quantitative estimate of drug-likeness (QED) is 0.396. The van der Waals surface area contributed by atoms with Gasteiger partial charge in [-0.2, -0.15) is 0 Å². The van der Waals surface area contributed by atoms with Gasteiger partial charge in [-0.1, -0.05) is 11.8 Å². The molecule has 0 radical (unpaired) electrons. The fourth-order valence-electron chi connectivity index (χ4n) is 4.09. The van der Waals surface area contributed by atoms with Crippen molar-refractivity contribution in [3.63, 3.8) is 0 Å². The number of carbonyl (C=O) groups is 1. The van der Waals surface area contributed by atoms with E-state index >= 15 is 0 Å². The smallest absolute Gasteiger partial charge is 0.234 e. The number of rotatable bonds is 10. The minimum atomic E-state index is -0.180. The Morgan fingerprint density at radius 3 is 2.08 bits per heavy atom. The van der Waals surface area contributed by atoms with E-state index in [-0.39, 0.29) is 11.7 Å². The van der Waals surface area contributed by atoms with Crippen LogP contribution in [0.1, 0.15) is 0 Å². The van der Waals surface area contributed by atoms with Crippen LogP contribution in [0.3, 0.4) is 0 Å². The Labute approximate surface area is 220 Å². The third-order valence-electron chi connectivity index (χ3n) is 5.95. The number of piperazine rings is 1. The van der Waals surface area contributed by atoms with E-state index in [2.05, 4.69) is 37.2 Å². The lowest BCUT2D eigenvalue weighted by molar-refractivity contribution is -0.113. The standard InChI is InChI=1S/C26H31N5O5S/c1-33-20-7-5-19(6-8-20)30-11-13-31(14-12-30)25-26(28-10-9-27-25)37-17-23(32)29-18-15-21(34-2)24(36-4)22(16-18)35-3/h5-10,15-16H,11-14,17H2,1-4H3,(H,29,32). The molecule has 3 aromatic rings. The second-order valence-electron chi connectivity index (χ2n) is 8.11. The molecule has 2 aromatic carbocycles. The first-order valence-corrected chi connectivity index (χ1v) is 12.7. The number of amides is 1. The first kappa shape index (κ1) is 26.2. The number of carbonyl (C=O) groups excluding carboxylic acids is 1. The highest BCUT2D eigenvalue weighted by atomic mass is 32.2. The molecule has 0 atom stereocenters. The predicted octanol–water partition coefficient (Wildman–Crippen LogP) is 3.57. The van der Waals surface area contributed by atoms with Crippen LogP contribution >= 0.6 is 11.8 Å². The normalized spacial score (nSPS) is 13.2. The maximum Gasteiger partial charge on any atom is 0.234 e. The van der Waals surface area contributed by atoms with Crippen molar-refractivity contribution in [1.82, 2.24) is 9.97 Å². The summed E-state index contributed by atoms with van der Waals surface area (Å²) in [6, 6.07) is 11.5. The summed E-state index contributed by atoms with van der Waals surface area (Å²) in [6.45, 7) is 3.31. The van der Waals surface area contributed by atoms with Crippen LogP contribution in [0.15, 0.2) is 53.8 Å². The molecule has 196 valence electrons. The molecule has 1 N–H and O–H groups in total. The summed E-state index contributed by atoms with van der Waals surface area (Å²) in [5.41, 5.74) is 1.71. The lowest BCUT2D eigenvalue weighted by Crippen LogP contribution is -2.47. The summed E-state index contributed by atoms with van der Waals surface area (Å²) in [4.78, 5) is 26.4. The Balaban J connectivity index is 1.36. The van der Waals surface area contributed by atoms with Crippen molar-refractivity contribution in [2.75, 3.05) is 75.5 Å². The van der Waals surface area contributed by atoms with Gasteiger partial charge in [0.05, 0.1) is 34.2 Å². The molecule has 1 fully saturated rings. The van der Waals surface area contributed by atoms with Crippen molar-refractivity contribution in [1.29, 1.82) is 0 Å². The van der Waals surface area contributed by atoms with Gasteiger partial charge in [0, 0.05) is 62.1 Å². The topological polar surface area (TPSA) is 98.3 Å². The second-order valence-corrected chi connectivity index (χ2v) is 9.07. The lowest BCUT2D eigenvalue weighted by Gasteiger charge is -2.37. The Kier molecular flexibility index (Phi) is 8.78. The summed E-state index contributed by atoms with van der Waals surface area (Å²) in [5, 5.41) is 3.61. The largest absolute Gasteiger partial charge is 0.497 e. The molecule has 4 rings (SSSR count). The van der Waals surface area contributed by atoms with Crippen molar-refractivity contribution in [2.45, 2.75) is 5.03 Å². The molecule has 10 nitrogen and oxygen atoms in total. The van der Waals surface area contributed by atoms with Crippen molar-refractivity contribution in [3.8, 4) is 23.0 Å². The van der Waals surface area contributed by atoms with Gasteiger partial charge in [-0.05, 0) is 24.3 Å². The summed E-state index contributed by atoms with van der Waals surface area (Å²) in [7, 11) is 6.27. The molecule has 2 heterocycles. The van der Waals surface area contributed by atoms with E-state index < -0.39 is 0 Å². The molecule has 1 aliphatic rings. The number of methoxy groups -OCH3 is 4. The Bertz CT molecular complexity index is 1180. The number of nitrogens with one attached hydrogen (secondary N) is 1. The van der Waals surface area contributed by atoms with E-state index in [1.54, 1.807) is 31.6 Å². The van der Waals surface area contributed by atoms with E-state index in [4.69, 9.17) is 18.9 Å². The van der Waals surface area contributed by atoms with Crippen LogP contribution in [0, 0.1) is 0 Å². The van der Waals surface area contributed by atoms with Gasteiger partial charge in [0.2, 0.25) is 11.7 Å². The minimum absolute atomic E-state index is 0.175. The average Bonchev–Trinajstić information content (AvgIpc) is 2.95. The van der Waals surface area contributed by atoms with E-state index in [0.717, 1.165) is 48.5 Å². The molecule has 1 aliphatic heterocycles. The second kappa shape index (κ2) is 12.4. The number of anilines is 3. The molecular weight excluding hydrogens is 494 g/mol. The number of thioether (sulfide) groups is 1. The van der Waals surface area contributed by atoms with Gasteiger partial charge in [0.15, 0.2) is 17.3 Å². The number of aromatic nitrogens is 2. The molecule has 0 saturated carbocycles.